The molecule has 0 spiro atoms. The Bertz CT molecular complexity index is 874. The quantitative estimate of drug-likeness (QED) is 0.617. The van der Waals surface area contributed by atoms with Crippen molar-refractivity contribution in [2.75, 3.05) is 32.7 Å². The Morgan fingerprint density at radius 2 is 1.55 bits per heavy atom. The second-order valence-electron chi connectivity index (χ2n) is 7.36. The Morgan fingerprint density at radius 3 is 2.10 bits per heavy atom. The number of quaternary nitrogens is 1. The van der Waals surface area contributed by atoms with E-state index in [2.05, 4.69) is 18.7 Å². The number of aliphatic imine (C=N–C) groups is 1. The van der Waals surface area contributed by atoms with Crippen LogP contribution in [0.5, 0.6) is 0 Å². The molecule has 5 heteroatoms. The van der Waals surface area contributed by atoms with Crippen LogP contribution in [0.25, 0.3) is 11.4 Å². The van der Waals surface area contributed by atoms with E-state index in [4.69, 9.17) is 4.99 Å². The van der Waals surface area contributed by atoms with E-state index in [1.54, 1.807) is 0 Å². The first-order valence-electron chi connectivity index (χ1n) is 10.3. The lowest BCUT2D eigenvalue weighted by atomic mass is 10.0. The summed E-state index contributed by atoms with van der Waals surface area (Å²) < 4.78 is 0.241. The van der Waals surface area contributed by atoms with Crippen molar-refractivity contribution in [2.24, 2.45) is 4.99 Å². The van der Waals surface area contributed by atoms with Gasteiger partial charge in [0.15, 0.2) is 18.6 Å². The van der Waals surface area contributed by atoms with E-state index in [1.807, 2.05) is 67.0 Å². The summed E-state index contributed by atoms with van der Waals surface area (Å²) in [6.45, 7) is 7.95. The maximum absolute atomic E-state index is 11.9. The Kier molecular flexibility index (Phi) is 6.96. The number of aliphatic carboxylic acids is 1. The highest BCUT2D eigenvalue weighted by Gasteiger charge is 2.41. The molecule has 1 heterocycles. The molecule has 1 N–H and O–H groups in total. The molecule has 1 atom stereocenters. The van der Waals surface area contributed by atoms with Crippen LogP contribution in [-0.4, -0.2) is 59.5 Å². The molecule has 1 unspecified atom stereocenters. The van der Waals surface area contributed by atoms with Crippen molar-refractivity contribution in [3.05, 3.63) is 71.8 Å². The Morgan fingerprint density at radius 1 is 0.966 bits per heavy atom. The molecule has 0 bridgehead atoms. The van der Waals surface area contributed by atoms with Gasteiger partial charge in [0, 0.05) is 24.1 Å². The highest BCUT2D eigenvalue weighted by molar-refractivity contribution is 5.95. The SMILES string of the molecule is CCN(CC)CCC[N+]1(CC(=O)O)C=NC(c2ccccc2)=C1c1ccccc1. The van der Waals surface area contributed by atoms with E-state index >= 15 is 0 Å². The average Bonchev–Trinajstić information content (AvgIpc) is 3.11. The summed E-state index contributed by atoms with van der Waals surface area (Å²) in [6.07, 6.45) is 2.74. The van der Waals surface area contributed by atoms with Gasteiger partial charge in [-0.15, -0.1) is 0 Å². The van der Waals surface area contributed by atoms with Gasteiger partial charge in [-0.05, 0) is 25.2 Å². The summed E-state index contributed by atoms with van der Waals surface area (Å²) in [5, 5.41) is 9.75. The second kappa shape index (κ2) is 9.63. The maximum Gasteiger partial charge on any atom is 0.360 e. The van der Waals surface area contributed by atoms with Gasteiger partial charge in [-0.1, -0.05) is 62.4 Å². The molecule has 1 aliphatic rings. The first kappa shape index (κ1) is 21.0. The van der Waals surface area contributed by atoms with Crippen LogP contribution >= 0.6 is 0 Å². The van der Waals surface area contributed by atoms with Crippen molar-refractivity contribution in [3.8, 4) is 0 Å². The van der Waals surface area contributed by atoms with Crippen LogP contribution < -0.4 is 0 Å². The molecule has 0 saturated heterocycles. The maximum atomic E-state index is 11.9. The smallest absolute Gasteiger partial charge is 0.360 e. The van der Waals surface area contributed by atoms with Crippen LogP contribution in [0.1, 0.15) is 31.4 Å². The molecule has 5 nitrogen and oxygen atoms in total. The molecular weight excluding hydrogens is 362 g/mol. The highest BCUT2D eigenvalue weighted by Crippen LogP contribution is 2.39. The van der Waals surface area contributed by atoms with E-state index in [0.717, 1.165) is 48.6 Å². The lowest BCUT2D eigenvalue weighted by Gasteiger charge is -2.32. The van der Waals surface area contributed by atoms with E-state index in [9.17, 15) is 9.90 Å². The van der Waals surface area contributed by atoms with Crippen molar-refractivity contribution in [3.63, 3.8) is 0 Å². The normalized spacial score (nSPS) is 18.6. The molecule has 3 rings (SSSR count). The first-order valence-corrected chi connectivity index (χ1v) is 10.3. The van der Waals surface area contributed by atoms with Crippen molar-refractivity contribution in [1.82, 2.24) is 4.90 Å². The Labute approximate surface area is 173 Å². The largest absolute Gasteiger partial charge is 0.477 e. The number of hydrogen-bond acceptors (Lipinski definition) is 3. The third-order valence-corrected chi connectivity index (χ3v) is 5.52. The van der Waals surface area contributed by atoms with Gasteiger partial charge in [-0.3, -0.25) is 0 Å². The molecule has 29 heavy (non-hydrogen) atoms. The van der Waals surface area contributed by atoms with E-state index in [0.29, 0.717) is 6.54 Å². The van der Waals surface area contributed by atoms with Crippen LogP contribution in [0.4, 0.5) is 0 Å². The number of carboxylic acid groups (broad SMARTS) is 1. The molecule has 2 aromatic carbocycles. The topological polar surface area (TPSA) is 52.9 Å². The number of carbonyl (C=O) groups is 1. The molecule has 0 fully saturated rings. The van der Waals surface area contributed by atoms with E-state index < -0.39 is 5.97 Å². The zero-order chi connectivity index (χ0) is 20.7. The van der Waals surface area contributed by atoms with Gasteiger partial charge in [0.05, 0.1) is 6.54 Å². The standard InChI is InChI=1S/C24H29N3O2/c1-3-26(4-2)16-11-17-27(18-22(28)29)19-25-23(20-12-7-5-8-13-20)24(27)21-14-9-6-10-15-21/h5-10,12-15,19H,3-4,11,16-18H2,1-2H3/p+1. The average molecular weight is 393 g/mol. The molecule has 0 radical (unpaired) electrons. The lowest BCUT2D eigenvalue weighted by molar-refractivity contribution is -0.750. The van der Waals surface area contributed by atoms with Gasteiger partial charge in [-0.25, -0.2) is 9.28 Å². The molecule has 152 valence electrons. The summed E-state index contributed by atoms with van der Waals surface area (Å²) in [4.78, 5) is 19.0. The minimum atomic E-state index is -0.818. The number of nitrogens with zero attached hydrogens (tertiary/aromatic N) is 3. The predicted molar refractivity (Wildman–Crippen MR) is 118 cm³/mol. The summed E-state index contributed by atoms with van der Waals surface area (Å²) in [6, 6.07) is 20.1. The summed E-state index contributed by atoms with van der Waals surface area (Å²) in [7, 11) is 0. The fourth-order valence-electron chi connectivity index (χ4n) is 4.02. The second-order valence-corrected chi connectivity index (χ2v) is 7.36. The highest BCUT2D eigenvalue weighted by atomic mass is 16.4. The minimum Gasteiger partial charge on any atom is -0.477 e. The number of rotatable bonds is 10. The third-order valence-electron chi connectivity index (χ3n) is 5.52. The lowest BCUT2D eigenvalue weighted by Crippen LogP contribution is -2.48. The number of benzene rings is 2. The predicted octanol–water partition coefficient (Wildman–Crippen LogP) is 4.19. The number of hydrogen-bond donors (Lipinski definition) is 1. The fraction of sp³-hybridized carbons (Fsp3) is 0.333. The van der Waals surface area contributed by atoms with Gasteiger partial charge in [0.1, 0.15) is 5.70 Å². The van der Waals surface area contributed by atoms with Crippen molar-refractivity contribution >= 4 is 23.7 Å². The molecule has 0 saturated carbocycles. The molecular formula is C24H30N3O2+. The Hall–Kier alpha value is -2.76. The Balaban J connectivity index is 2.04. The van der Waals surface area contributed by atoms with Crippen molar-refractivity contribution in [1.29, 1.82) is 0 Å². The summed E-state index contributed by atoms with van der Waals surface area (Å²) in [5.74, 6) is -0.818. The van der Waals surface area contributed by atoms with Gasteiger partial charge in [0.25, 0.3) is 0 Å². The van der Waals surface area contributed by atoms with Gasteiger partial charge in [0.2, 0.25) is 0 Å². The van der Waals surface area contributed by atoms with Gasteiger partial charge in [-0.2, -0.15) is 4.99 Å². The number of carboxylic acids is 1. The van der Waals surface area contributed by atoms with E-state index in [-0.39, 0.29) is 11.0 Å². The zero-order valence-corrected chi connectivity index (χ0v) is 17.3. The van der Waals surface area contributed by atoms with Gasteiger partial charge >= 0.3 is 5.97 Å². The molecule has 1 aliphatic heterocycles. The van der Waals surface area contributed by atoms with Gasteiger partial charge < -0.3 is 10.0 Å². The molecule has 2 aromatic rings. The van der Waals surface area contributed by atoms with Crippen LogP contribution in [0, 0.1) is 0 Å². The van der Waals surface area contributed by atoms with Crippen LogP contribution in [0.3, 0.4) is 0 Å². The van der Waals surface area contributed by atoms with Crippen LogP contribution in [0.2, 0.25) is 0 Å². The zero-order valence-electron chi connectivity index (χ0n) is 17.3. The molecule has 0 amide bonds. The van der Waals surface area contributed by atoms with Crippen molar-refractivity contribution < 1.29 is 14.4 Å². The fourth-order valence-corrected chi connectivity index (χ4v) is 4.02. The summed E-state index contributed by atoms with van der Waals surface area (Å²) in [5.41, 5.74) is 3.87. The van der Waals surface area contributed by atoms with Crippen LogP contribution in [0.15, 0.2) is 65.7 Å². The monoisotopic (exact) mass is 392 g/mol. The first-order chi connectivity index (χ1) is 14.1. The minimum absolute atomic E-state index is 0.0116. The van der Waals surface area contributed by atoms with Crippen LogP contribution in [-0.2, 0) is 4.79 Å². The molecule has 0 aromatic heterocycles. The summed E-state index contributed by atoms with van der Waals surface area (Å²) >= 11 is 0. The third kappa shape index (κ3) is 4.81. The van der Waals surface area contributed by atoms with E-state index in [1.165, 1.54) is 0 Å². The molecule has 0 aliphatic carbocycles. The van der Waals surface area contributed by atoms with Crippen molar-refractivity contribution in [2.45, 2.75) is 20.3 Å².